The van der Waals surface area contributed by atoms with E-state index >= 15 is 0 Å². The minimum absolute atomic E-state index is 0.00820. The van der Waals surface area contributed by atoms with Crippen LogP contribution in [-0.2, 0) is 9.53 Å². The summed E-state index contributed by atoms with van der Waals surface area (Å²) in [5.41, 5.74) is 1.12. The van der Waals surface area contributed by atoms with Crippen LogP contribution in [0.15, 0.2) is 30.3 Å². The number of nitrogens with one attached hydrogen (secondary N) is 1. The van der Waals surface area contributed by atoms with E-state index < -0.39 is 0 Å². The van der Waals surface area contributed by atoms with Crippen molar-refractivity contribution in [2.24, 2.45) is 0 Å². The van der Waals surface area contributed by atoms with Gasteiger partial charge in [-0.05, 0) is 25.3 Å². The zero-order valence-corrected chi connectivity index (χ0v) is 9.48. The van der Waals surface area contributed by atoms with Crippen molar-refractivity contribution < 1.29 is 9.53 Å². The Bertz CT molecular complexity index is 344. The van der Waals surface area contributed by atoms with Crippen molar-refractivity contribution in [3.63, 3.8) is 0 Å². The quantitative estimate of drug-likeness (QED) is 0.844. The van der Waals surface area contributed by atoms with Crippen molar-refractivity contribution >= 4 is 5.91 Å². The number of carbonyl (C=O) groups excluding carboxylic acids is 1. The van der Waals surface area contributed by atoms with Crippen LogP contribution in [0.5, 0.6) is 0 Å². The van der Waals surface area contributed by atoms with Gasteiger partial charge in [0.05, 0.1) is 6.04 Å². The molecule has 2 rings (SSSR count). The molecule has 0 aromatic heterocycles. The molecule has 0 saturated carbocycles. The summed E-state index contributed by atoms with van der Waals surface area (Å²) >= 11 is 0. The molecule has 1 fully saturated rings. The van der Waals surface area contributed by atoms with Gasteiger partial charge in [-0.2, -0.15) is 0 Å². The SMILES string of the molecule is C[C@H](NC(=O)[C@H]1CCCO1)c1ccccc1. The molecule has 0 bridgehead atoms. The third kappa shape index (κ3) is 2.61. The molecule has 3 nitrogen and oxygen atoms in total. The molecule has 2 atom stereocenters. The van der Waals surface area contributed by atoms with Gasteiger partial charge in [0.15, 0.2) is 0 Å². The Morgan fingerprint density at radius 2 is 2.19 bits per heavy atom. The molecule has 1 aliphatic heterocycles. The van der Waals surface area contributed by atoms with E-state index in [0.717, 1.165) is 18.4 Å². The lowest BCUT2D eigenvalue weighted by atomic mass is 10.1. The average Bonchev–Trinajstić information content (AvgIpc) is 2.83. The van der Waals surface area contributed by atoms with Gasteiger partial charge in [0.25, 0.3) is 0 Å². The fourth-order valence-electron chi connectivity index (χ4n) is 1.92. The van der Waals surface area contributed by atoms with Crippen LogP contribution in [0.2, 0.25) is 0 Å². The molecule has 1 aliphatic rings. The van der Waals surface area contributed by atoms with Gasteiger partial charge in [-0.3, -0.25) is 4.79 Å². The smallest absolute Gasteiger partial charge is 0.249 e. The predicted octanol–water partition coefficient (Wildman–Crippen LogP) is 2.04. The van der Waals surface area contributed by atoms with E-state index in [1.54, 1.807) is 0 Å². The number of hydrogen-bond donors (Lipinski definition) is 1. The Morgan fingerprint density at radius 1 is 1.44 bits per heavy atom. The molecule has 1 aromatic carbocycles. The van der Waals surface area contributed by atoms with Gasteiger partial charge in [-0.25, -0.2) is 0 Å². The summed E-state index contributed by atoms with van der Waals surface area (Å²) in [5.74, 6) is 0.00820. The number of carbonyl (C=O) groups is 1. The summed E-state index contributed by atoms with van der Waals surface area (Å²) in [6.07, 6.45) is 1.58. The Balaban J connectivity index is 1.92. The van der Waals surface area contributed by atoms with Gasteiger partial charge >= 0.3 is 0 Å². The average molecular weight is 219 g/mol. The summed E-state index contributed by atoms with van der Waals surface area (Å²) in [7, 11) is 0. The van der Waals surface area contributed by atoms with Crippen LogP contribution in [-0.4, -0.2) is 18.6 Å². The van der Waals surface area contributed by atoms with Crippen molar-refractivity contribution in [3.8, 4) is 0 Å². The van der Waals surface area contributed by atoms with Gasteiger partial charge in [-0.15, -0.1) is 0 Å². The van der Waals surface area contributed by atoms with Crippen LogP contribution in [0.4, 0.5) is 0 Å². The second kappa shape index (κ2) is 5.12. The highest BCUT2D eigenvalue weighted by atomic mass is 16.5. The van der Waals surface area contributed by atoms with Crippen molar-refractivity contribution in [1.29, 1.82) is 0 Å². The first kappa shape index (κ1) is 11.1. The highest BCUT2D eigenvalue weighted by Crippen LogP contribution is 2.15. The van der Waals surface area contributed by atoms with Crippen LogP contribution in [0, 0.1) is 0 Å². The third-order valence-electron chi connectivity index (χ3n) is 2.88. The molecular weight excluding hydrogens is 202 g/mol. The largest absolute Gasteiger partial charge is 0.368 e. The van der Waals surface area contributed by atoms with E-state index in [1.165, 1.54) is 0 Å². The normalized spacial score (nSPS) is 21.7. The molecule has 0 aliphatic carbocycles. The lowest BCUT2D eigenvalue weighted by molar-refractivity contribution is -0.130. The molecule has 16 heavy (non-hydrogen) atoms. The van der Waals surface area contributed by atoms with Crippen molar-refractivity contribution in [3.05, 3.63) is 35.9 Å². The molecule has 1 N–H and O–H groups in total. The molecule has 3 heteroatoms. The van der Waals surface area contributed by atoms with Crippen LogP contribution in [0.3, 0.4) is 0 Å². The van der Waals surface area contributed by atoms with Gasteiger partial charge in [-0.1, -0.05) is 30.3 Å². The van der Waals surface area contributed by atoms with Crippen molar-refractivity contribution in [2.45, 2.75) is 31.9 Å². The maximum atomic E-state index is 11.8. The number of rotatable bonds is 3. The number of amides is 1. The van der Waals surface area contributed by atoms with Gasteiger partial charge in [0.1, 0.15) is 6.10 Å². The van der Waals surface area contributed by atoms with E-state index in [-0.39, 0.29) is 18.1 Å². The van der Waals surface area contributed by atoms with Crippen LogP contribution < -0.4 is 5.32 Å². The molecule has 1 saturated heterocycles. The number of ether oxygens (including phenoxy) is 1. The van der Waals surface area contributed by atoms with E-state index in [1.807, 2.05) is 37.3 Å². The first-order valence-corrected chi connectivity index (χ1v) is 5.74. The highest BCUT2D eigenvalue weighted by molar-refractivity contribution is 5.81. The minimum atomic E-state index is -0.244. The van der Waals surface area contributed by atoms with Gasteiger partial charge in [0, 0.05) is 6.61 Å². The third-order valence-corrected chi connectivity index (χ3v) is 2.88. The van der Waals surface area contributed by atoms with Gasteiger partial charge in [0.2, 0.25) is 5.91 Å². The highest BCUT2D eigenvalue weighted by Gasteiger charge is 2.24. The molecule has 0 unspecified atom stereocenters. The molecule has 0 radical (unpaired) electrons. The van der Waals surface area contributed by atoms with Crippen LogP contribution in [0.1, 0.15) is 31.4 Å². The topological polar surface area (TPSA) is 38.3 Å². The first-order chi connectivity index (χ1) is 7.77. The maximum Gasteiger partial charge on any atom is 0.249 e. The van der Waals surface area contributed by atoms with E-state index in [2.05, 4.69) is 5.32 Å². The lowest BCUT2D eigenvalue weighted by Gasteiger charge is -2.16. The standard InChI is InChI=1S/C13H17NO2/c1-10(11-6-3-2-4-7-11)14-13(15)12-8-5-9-16-12/h2-4,6-7,10,12H,5,8-9H2,1H3,(H,14,15)/t10-,12+/m0/s1. The second-order valence-corrected chi connectivity index (χ2v) is 4.14. The van der Waals surface area contributed by atoms with E-state index in [9.17, 15) is 4.79 Å². The van der Waals surface area contributed by atoms with E-state index in [4.69, 9.17) is 4.74 Å². The minimum Gasteiger partial charge on any atom is -0.368 e. The molecule has 1 aromatic rings. The molecule has 1 heterocycles. The van der Waals surface area contributed by atoms with Crippen molar-refractivity contribution in [2.75, 3.05) is 6.61 Å². The predicted molar refractivity (Wildman–Crippen MR) is 62.0 cm³/mol. The Morgan fingerprint density at radius 3 is 2.81 bits per heavy atom. The fourth-order valence-corrected chi connectivity index (χ4v) is 1.92. The summed E-state index contributed by atoms with van der Waals surface area (Å²) in [6.45, 7) is 2.69. The number of hydrogen-bond acceptors (Lipinski definition) is 2. The molecular formula is C13H17NO2. The Labute approximate surface area is 95.8 Å². The van der Waals surface area contributed by atoms with Crippen LogP contribution >= 0.6 is 0 Å². The maximum absolute atomic E-state index is 11.8. The van der Waals surface area contributed by atoms with Gasteiger partial charge < -0.3 is 10.1 Å². The Hall–Kier alpha value is -1.35. The van der Waals surface area contributed by atoms with Crippen LogP contribution in [0.25, 0.3) is 0 Å². The summed E-state index contributed by atoms with van der Waals surface area (Å²) in [6, 6.07) is 9.99. The molecule has 0 spiro atoms. The zero-order chi connectivity index (χ0) is 11.4. The monoisotopic (exact) mass is 219 g/mol. The van der Waals surface area contributed by atoms with E-state index in [0.29, 0.717) is 6.61 Å². The molecule has 1 amide bonds. The first-order valence-electron chi connectivity index (χ1n) is 5.74. The van der Waals surface area contributed by atoms with Crippen molar-refractivity contribution in [1.82, 2.24) is 5.32 Å². The Kier molecular flexibility index (Phi) is 3.57. The second-order valence-electron chi connectivity index (χ2n) is 4.14. The summed E-state index contributed by atoms with van der Waals surface area (Å²) in [4.78, 5) is 11.8. The zero-order valence-electron chi connectivity index (χ0n) is 9.48. The summed E-state index contributed by atoms with van der Waals surface area (Å²) in [5, 5.41) is 2.97. The number of benzene rings is 1. The summed E-state index contributed by atoms with van der Waals surface area (Å²) < 4.78 is 5.34. The molecule has 86 valence electrons. The lowest BCUT2D eigenvalue weighted by Crippen LogP contribution is -2.35. The fraction of sp³-hybridized carbons (Fsp3) is 0.462.